The zero-order valence-electron chi connectivity index (χ0n) is 11.1. The highest BCUT2D eigenvalue weighted by atomic mass is 35.5. The molecule has 0 spiro atoms. The van der Waals surface area contributed by atoms with Crippen molar-refractivity contribution in [1.82, 2.24) is 10.3 Å². The van der Waals surface area contributed by atoms with Crippen LogP contribution in [0, 0.1) is 0 Å². The smallest absolute Gasteiger partial charge is 0.230 e. The summed E-state index contributed by atoms with van der Waals surface area (Å²) in [6.45, 7) is 4.26. The third-order valence-electron chi connectivity index (χ3n) is 1.95. The number of nitrogens with one attached hydrogen (secondary N) is 1. The third-order valence-corrected chi connectivity index (χ3v) is 2.92. The van der Waals surface area contributed by atoms with Crippen LogP contribution in [0.15, 0.2) is 24.4 Å². The van der Waals surface area contributed by atoms with Gasteiger partial charge >= 0.3 is 0 Å². The minimum Gasteiger partial charge on any atom is -0.354 e. The molecule has 1 amide bonds. The van der Waals surface area contributed by atoms with Gasteiger partial charge in [0.2, 0.25) is 5.91 Å². The monoisotopic (exact) mass is 325 g/mol. The average Bonchev–Trinajstić information content (AvgIpc) is 2.27. The largest absolute Gasteiger partial charge is 0.354 e. The maximum atomic E-state index is 11.5. The summed E-state index contributed by atoms with van der Waals surface area (Å²) in [6.07, 6.45) is 1.76. The fourth-order valence-corrected chi connectivity index (χ4v) is 1.88. The van der Waals surface area contributed by atoms with Gasteiger partial charge in [0, 0.05) is 24.0 Å². The second-order valence-electron chi connectivity index (χ2n) is 4.58. The first-order valence-corrected chi connectivity index (χ1v) is 6.66. The molecule has 3 N–H and O–H groups in total. The number of hydrogen-bond acceptors (Lipinski definition) is 4. The van der Waals surface area contributed by atoms with Crippen LogP contribution >= 0.6 is 36.6 Å². The molecular weight excluding hydrogens is 305 g/mol. The van der Waals surface area contributed by atoms with E-state index in [1.165, 1.54) is 0 Å². The average molecular weight is 326 g/mol. The summed E-state index contributed by atoms with van der Waals surface area (Å²) >= 11 is 1.55. The SMILES string of the molecule is CC(C)(N)CNC(=O)CSCc1ccccn1.Cl.Cl. The first kappa shape index (κ1) is 20.8. The molecule has 19 heavy (non-hydrogen) atoms. The van der Waals surface area contributed by atoms with Gasteiger partial charge < -0.3 is 11.1 Å². The minimum absolute atomic E-state index is 0. The molecule has 0 fully saturated rings. The third kappa shape index (κ3) is 11.1. The maximum Gasteiger partial charge on any atom is 0.230 e. The molecule has 0 aliphatic rings. The Balaban J connectivity index is 0. The molecule has 0 bridgehead atoms. The lowest BCUT2D eigenvalue weighted by Gasteiger charge is -2.18. The zero-order chi connectivity index (χ0) is 12.7. The topological polar surface area (TPSA) is 68.0 Å². The second-order valence-corrected chi connectivity index (χ2v) is 5.56. The highest BCUT2D eigenvalue weighted by Gasteiger charge is 2.11. The number of thioether (sulfide) groups is 1. The molecule has 1 aromatic rings. The zero-order valence-corrected chi connectivity index (χ0v) is 13.5. The van der Waals surface area contributed by atoms with Crippen molar-refractivity contribution in [2.45, 2.75) is 25.1 Å². The van der Waals surface area contributed by atoms with E-state index in [-0.39, 0.29) is 36.3 Å². The Bertz CT molecular complexity index is 358. The predicted octanol–water partition coefficient (Wildman–Crippen LogP) is 2.01. The number of hydrogen-bond donors (Lipinski definition) is 2. The van der Waals surface area contributed by atoms with Crippen molar-refractivity contribution >= 4 is 42.5 Å². The van der Waals surface area contributed by atoms with Crippen molar-refractivity contribution in [3.05, 3.63) is 30.1 Å². The number of nitrogens with zero attached hydrogens (tertiary/aromatic N) is 1. The molecule has 0 aliphatic carbocycles. The number of nitrogens with two attached hydrogens (primary N) is 1. The molecule has 7 heteroatoms. The number of amides is 1. The van der Waals surface area contributed by atoms with Crippen molar-refractivity contribution < 1.29 is 4.79 Å². The van der Waals surface area contributed by atoms with E-state index in [4.69, 9.17) is 5.73 Å². The van der Waals surface area contributed by atoms with E-state index in [1.54, 1.807) is 18.0 Å². The molecule has 4 nitrogen and oxygen atoms in total. The molecule has 0 saturated carbocycles. The van der Waals surface area contributed by atoms with Gasteiger partial charge in [-0.15, -0.1) is 36.6 Å². The Hall–Kier alpha value is -0.490. The fraction of sp³-hybridized carbons (Fsp3) is 0.500. The van der Waals surface area contributed by atoms with E-state index in [0.717, 1.165) is 11.4 Å². The lowest BCUT2D eigenvalue weighted by atomic mass is 10.1. The van der Waals surface area contributed by atoms with Gasteiger partial charge in [0.15, 0.2) is 0 Å². The molecule has 0 atom stereocenters. The van der Waals surface area contributed by atoms with E-state index in [2.05, 4.69) is 10.3 Å². The molecule has 1 rings (SSSR count). The highest BCUT2D eigenvalue weighted by Crippen LogP contribution is 2.08. The number of rotatable bonds is 6. The molecule has 0 saturated heterocycles. The standard InChI is InChI=1S/C12H19N3OS.2ClH/c1-12(2,13)9-15-11(16)8-17-7-10-5-3-4-6-14-10;;/h3-6H,7-9,13H2,1-2H3,(H,15,16);2*1H. The van der Waals surface area contributed by atoms with Gasteiger partial charge in [0.25, 0.3) is 0 Å². The molecule has 110 valence electrons. The normalized spacial score (nSPS) is 10.1. The number of carbonyl (C=O) groups is 1. The van der Waals surface area contributed by atoms with E-state index < -0.39 is 0 Å². The Morgan fingerprint density at radius 2 is 2.11 bits per heavy atom. The van der Waals surface area contributed by atoms with Gasteiger partial charge in [-0.25, -0.2) is 0 Å². The number of pyridine rings is 1. The van der Waals surface area contributed by atoms with E-state index in [1.807, 2.05) is 32.0 Å². The van der Waals surface area contributed by atoms with Gasteiger partial charge in [0.05, 0.1) is 11.4 Å². The van der Waals surface area contributed by atoms with Crippen molar-refractivity contribution in [2.75, 3.05) is 12.3 Å². The van der Waals surface area contributed by atoms with Gasteiger partial charge in [-0.05, 0) is 26.0 Å². The summed E-state index contributed by atoms with van der Waals surface area (Å²) in [7, 11) is 0. The highest BCUT2D eigenvalue weighted by molar-refractivity contribution is 7.99. The lowest BCUT2D eigenvalue weighted by Crippen LogP contribution is -2.45. The lowest BCUT2D eigenvalue weighted by molar-refractivity contribution is -0.118. The van der Waals surface area contributed by atoms with E-state index in [9.17, 15) is 4.79 Å². The van der Waals surface area contributed by atoms with Crippen LogP contribution in [0.25, 0.3) is 0 Å². The van der Waals surface area contributed by atoms with Crippen LogP contribution in [-0.4, -0.2) is 28.7 Å². The number of aromatic nitrogens is 1. The first-order chi connectivity index (χ1) is 7.97. The Labute approximate surface area is 131 Å². The Kier molecular flexibility index (Phi) is 11.3. The van der Waals surface area contributed by atoms with Gasteiger partial charge in [-0.3, -0.25) is 9.78 Å². The van der Waals surface area contributed by atoms with Gasteiger partial charge in [-0.2, -0.15) is 0 Å². The molecule has 1 heterocycles. The molecule has 0 radical (unpaired) electrons. The van der Waals surface area contributed by atoms with Crippen LogP contribution in [0.1, 0.15) is 19.5 Å². The Morgan fingerprint density at radius 3 is 2.63 bits per heavy atom. The molecular formula is C12H21Cl2N3OS. The molecule has 0 aliphatic heterocycles. The summed E-state index contributed by atoms with van der Waals surface area (Å²) < 4.78 is 0. The van der Waals surface area contributed by atoms with Crippen LogP contribution in [0.4, 0.5) is 0 Å². The summed E-state index contributed by atoms with van der Waals surface area (Å²) in [4.78, 5) is 15.7. The van der Waals surface area contributed by atoms with Gasteiger partial charge in [-0.1, -0.05) is 6.07 Å². The summed E-state index contributed by atoms with van der Waals surface area (Å²) in [6, 6.07) is 5.78. The van der Waals surface area contributed by atoms with Crippen molar-refractivity contribution in [1.29, 1.82) is 0 Å². The van der Waals surface area contributed by atoms with E-state index in [0.29, 0.717) is 12.3 Å². The summed E-state index contributed by atoms with van der Waals surface area (Å²) in [5.41, 5.74) is 6.40. The fourth-order valence-electron chi connectivity index (χ4n) is 1.11. The van der Waals surface area contributed by atoms with Crippen LogP contribution in [0.2, 0.25) is 0 Å². The Morgan fingerprint density at radius 1 is 1.42 bits per heavy atom. The maximum absolute atomic E-state index is 11.5. The number of halogens is 2. The van der Waals surface area contributed by atoms with Crippen molar-refractivity contribution in [2.24, 2.45) is 5.73 Å². The van der Waals surface area contributed by atoms with Crippen LogP contribution in [-0.2, 0) is 10.5 Å². The quantitative estimate of drug-likeness (QED) is 0.839. The summed E-state index contributed by atoms with van der Waals surface area (Å²) in [5, 5.41) is 2.80. The number of carbonyl (C=O) groups excluding carboxylic acids is 1. The van der Waals surface area contributed by atoms with Crippen LogP contribution < -0.4 is 11.1 Å². The van der Waals surface area contributed by atoms with Crippen molar-refractivity contribution in [3.63, 3.8) is 0 Å². The van der Waals surface area contributed by atoms with Crippen LogP contribution in [0.3, 0.4) is 0 Å². The van der Waals surface area contributed by atoms with Gasteiger partial charge in [0.1, 0.15) is 0 Å². The molecule has 1 aromatic heterocycles. The van der Waals surface area contributed by atoms with E-state index >= 15 is 0 Å². The predicted molar refractivity (Wildman–Crippen MR) is 86.2 cm³/mol. The minimum atomic E-state index is -0.360. The first-order valence-electron chi connectivity index (χ1n) is 5.50. The van der Waals surface area contributed by atoms with Crippen LogP contribution in [0.5, 0.6) is 0 Å². The molecule has 0 unspecified atom stereocenters. The van der Waals surface area contributed by atoms with Crippen molar-refractivity contribution in [3.8, 4) is 0 Å². The molecule has 0 aromatic carbocycles. The summed E-state index contributed by atoms with van der Waals surface area (Å²) in [5.74, 6) is 1.21. The second kappa shape index (κ2) is 10.3.